The van der Waals surface area contributed by atoms with Gasteiger partial charge in [0.2, 0.25) is 0 Å². The molecule has 5 rings (SSSR count). The molecule has 9 heteroatoms. The van der Waals surface area contributed by atoms with Crippen molar-refractivity contribution in [1.82, 2.24) is 20.1 Å². The Morgan fingerprint density at radius 3 is 2.72 bits per heavy atom. The molecule has 0 saturated carbocycles. The van der Waals surface area contributed by atoms with Crippen LogP contribution in [0.2, 0.25) is 0 Å². The fourth-order valence-electron chi connectivity index (χ4n) is 4.15. The van der Waals surface area contributed by atoms with E-state index in [-0.39, 0.29) is 23.5 Å². The number of aromatic nitrogens is 3. The van der Waals surface area contributed by atoms with Crippen molar-refractivity contribution in [2.45, 2.75) is 25.9 Å². The summed E-state index contributed by atoms with van der Waals surface area (Å²) in [6, 6.07) is 15.1. The third kappa shape index (κ3) is 3.93. The summed E-state index contributed by atoms with van der Waals surface area (Å²) in [4.78, 5) is 19.2. The van der Waals surface area contributed by atoms with Crippen molar-refractivity contribution in [1.29, 1.82) is 0 Å². The summed E-state index contributed by atoms with van der Waals surface area (Å²) >= 11 is 1.59. The Labute approximate surface area is 190 Å². The molecule has 0 spiro atoms. The lowest BCUT2D eigenvalue weighted by molar-refractivity contribution is 0.0953. The normalized spacial score (nSPS) is 17.6. The van der Waals surface area contributed by atoms with Crippen LogP contribution in [0.3, 0.4) is 0 Å². The number of carbonyl (C=O) groups excluding carboxylic acids is 1. The van der Waals surface area contributed by atoms with Crippen molar-refractivity contribution in [2.24, 2.45) is 0 Å². The Bertz CT molecular complexity index is 1390. The zero-order valence-electron chi connectivity index (χ0n) is 17.5. The number of nitrogens with zero attached hydrogens (tertiary/aromatic N) is 3. The number of pyridine rings is 1. The molecule has 4 heterocycles. The Morgan fingerprint density at radius 1 is 1.22 bits per heavy atom. The highest BCUT2D eigenvalue weighted by atomic mass is 32.2. The molecule has 0 aliphatic carbocycles. The lowest BCUT2D eigenvalue weighted by Crippen LogP contribution is -2.23. The molecule has 0 bridgehead atoms. The number of aryl methyl sites for hydroxylation is 1. The molecule has 1 aliphatic rings. The lowest BCUT2D eigenvalue weighted by atomic mass is 10.0. The van der Waals surface area contributed by atoms with Crippen LogP contribution in [0.15, 0.2) is 53.9 Å². The Hall–Kier alpha value is -3.04. The van der Waals surface area contributed by atoms with Gasteiger partial charge in [-0.3, -0.25) is 4.79 Å². The molecular formula is C23H22N4O3S2. The number of thiophene rings is 1. The van der Waals surface area contributed by atoms with E-state index in [4.69, 9.17) is 4.98 Å². The van der Waals surface area contributed by atoms with Gasteiger partial charge in [0.05, 0.1) is 46.4 Å². The maximum Gasteiger partial charge on any atom is 0.252 e. The van der Waals surface area contributed by atoms with Crippen LogP contribution in [0.1, 0.15) is 33.4 Å². The molecule has 1 fully saturated rings. The molecule has 1 N–H and O–H groups in total. The molecule has 4 aromatic rings. The van der Waals surface area contributed by atoms with Crippen LogP contribution in [0, 0.1) is 6.92 Å². The van der Waals surface area contributed by atoms with E-state index in [9.17, 15) is 13.2 Å². The first-order valence-electron chi connectivity index (χ1n) is 10.4. The number of fused-ring (bicyclic) bond motifs is 1. The van der Waals surface area contributed by atoms with Crippen LogP contribution in [0.25, 0.3) is 22.3 Å². The van der Waals surface area contributed by atoms with Crippen LogP contribution >= 0.6 is 11.3 Å². The van der Waals surface area contributed by atoms with E-state index in [1.54, 1.807) is 22.1 Å². The van der Waals surface area contributed by atoms with Crippen molar-refractivity contribution >= 4 is 38.1 Å². The zero-order chi connectivity index (χ0) is 22.3. The molecule has 7 nitrogen and oxygen atoms in total. The average Bonchev–Trinajstić information content (AvgIpc) is 3.51. The monoisotopic (exact) mass is 466 g/mol. The van der Waals surface area contributed by atoms with E-state index >= 15 is 0 Å². The molecule has 1 amide bonds. The largest absolute Gasteiger partial charge is 0.347 e. The van der Waals surface area contributed by atoms with Crippen molar-refractivity contribution in [3.8, 4) is 11.3 Å². The molecule has 1 unspecified atom stereocenters. The summed E-state index contributed by atoms with van der Waals surface area (Å²) in [5.41, 5.74) is 3.24. The molecule has 164 valence electrons. The zero-order valence-corrected chi connectivity index (χ0v) is 19.1. The predicted molar refractivity (Wildman–Crippen MR) is 125 cm³/mol. The summed E-state index contributed by atoms with van der Waals surface area (Å²) in [5.74, 6) is -0.0185. The molecule has 3 aromatic heterocycles. The van der Waals surface area contributed by atoms with Gasteiger partial charge in [-0.05, 0) is 30.9 Å². The van der Waals surface area contributed by atoms with Gasteiger partial charge in [0.1, 0.15) is 0 Å². The summed E-state index contributed by atoms with van der Waals surface area (Å²) < 4.78 is 25.9. The van der Waals surface area contributed by atoms with Gasteiger partial charge in [-0.15, -0.1) is 11.3 Å². The fourth-order valence-corrected chi connectivity index (χ4v) is 6.48. The van der Waals surface area contributed by atoms with Crippen LogP contribution in [0.4, 0.5) is 0 Å². The maximum absolute atomic E-state index is 13.3. The highest BCUT2D eigenvalue weighted by molar-refractivity contribution is 7.91. The highest BCUT2D eigenvalue weighted by Gasteiger charge is 2.32. The molecule has 1 aromatic carbocycles. The molecule has 0 radical (unpaired) electrons. The molecule has 1 atom stereocenters. The van der Waals surface area contributed by atoms with Gasteiger partial charge >= 0.3 is 0 Å². The van der Waals surface area contributed by atoms with Crippen LogP contribution in [-0.4, -0.2) is 40.6 Å². The van der Waals surface area contributed by atoms with Gasteiger partial charge in [-0.2, -0.15) is 5.10 Å². The number of nitrogens with one attached hydrogen (secondary N) is 1. The quantitative estimate of drug-likeness (QED) is 0.483. The van der Waals surface area contributed by atoms with E-state index in [0.717, 1.165) is 10.4 Å². The van der Waals surface area contributed by atoms with Gasteiger partial charge in [-0.25, -0.2) is 18.1 Å². The minimum Gasteiger partial charge on any atom is -0.347 e. The Kier molecular flexibility index (Phi) is 5.30. The van der Waals surface area contributed by atoms with E-state index in [2.05, 4.69) is 10.4 Å². The maximum atomic E-state index is 13.3. The van der Waals surface area contributed by atoms with Crippen LogP contribution in [-0.2, 0) is 16.4 Å². The number of hydrogen-bond acceptors (Lipinski definition) is 6. The van der Waals surface area contributed by atoms with Gasteiger partial charge in [0.15, 0.2) is 15.5 Å². The third-order valence-electron chi connectivity index (χ3n) is 5.71. The number of sulfone groups is 1. The van der Waals surface area contributed by atoms with E-state index in [1.165, 1.54) is 0 Å². The first-order chi connectivity index (χ1) is 15.4. The number of carbonyl (C=O) groups is 1. The summed E-state index contributed by atoms with van der Waals surface area (Å²) in [7, 11) is -3.09. The van der Waals surface area contributed by atoms with E-state index in [1.807, 2.05) is 54.8 Å². The molecule has 1 saturated heterocycles. The van der Waals surface area contributed by atoms with E-state index in [0.29, 0.717) is 41.0 Å². The smallest absolute Gasteiger partial charge is 0.252 e. The highest BCUT2D eigenvalue weighted by Crippen LogP contribution is 2.32. The van der Waals surface area contributed by atoms with Gasteiger partial charge < -0.3 is 5.32 Å². The first kappa shape index (κ1) is 20.8. The second-order valence-corrected chi connectivity index (χ2v) is 11.2. The molecule has 32 heavy (non-hydrogen) atoms. The van der Waals surface area contributed by atoms with E-state index < -0.39 is 9.84 Å². The SMILES string of the molecule is Cc1nn(C2CCS(=O)(=O)C2)c2nc(-c3ccccc3)cc(C(=O)NCc3cccs3)c12. The second-order valence-electron chi connectivity index (χ2n) is 7.97. The third-order valence-corrected chi connectivity index (χ3v) is 8.34. The minimum atomic E-state index is -3.09. The Balaban J connectivity index is 1.63. The standard InChI is InChI=1S/C23H22N4O3S2/c1-15-21-19(23(28)24-13-18-8-5-10-31-18)12-20(16-6-3-2-4-7-16)25-22(21)27(26-15)17-9-11-32(29,30)14-17/h2-8,10,12,17H,9,11,13-14H2,1H3,(H,24,28). The molecule has 1 aliphatic heterocycles. The van der Waals surface area contributed by atoms with Crippen molar-refractivity contribution in [3.63, 3.8) is 0 Å². The number of rotatable bonds is 5. The lowest BCUT2D eigenvalue weighted by Gasteiger charge is -2.12. The van der Waals surface area contributed by atoms with Crippen LogP contribution < -0.4 is 5.32 Å². The van der Waals surface area contributed by atoms with Gasteiger partial charge in [-0.1, -0.05) is 36.4 Å². The predicted octanol–water partition coefficient (Wildman–Crippen LogP) is 3.76. The Morgan fingerprint density at radius 2 is 2.03 bits per heavy atom. The van der Waals surface area contributed by atoms with Crippen molar-refractivity contribution < 1.29 is 13.2 Å². The second kappa shape index (κ2) is 8.14. The topological polar surface area (TPSA) is 93.9 Å². The first-order valence-corrected chi connectivity index (χ1v) is 13.1. The van der Waals surface area contributed by atoms with Crippen molar-refractivity contribution in [2.75, 3.05) is 11.5 Å². The minimum absolute atomic E-state index is 0.0420. The number of hydrogen-bond donors (Lipinski definition) is 1. The summed E-state index contributed by atoms with van der Waals surface area (Å²) in [6.07, 6.45) is 0.496. The average molecular weight is 467 g/mol. The van der Waals surface area contributed by atoms with Gasteiger partial charge in [0.25, 0.3) is 5.91 Å². The number of amides is 1. The molecular weight excluding hydrogens is 444 g/mol. The fraction of sp³-hybridized carbons (Fsp3) is 0.261. The van der Waals surface area contributed by atoms with Gasteiger partial charge in [0, 0.05) is 10.4 Å². The van der Waals surface area contributed by atoms with Crippen LogP contribution in [0.5, 0.6) is 0 Å². The van der Waals surface area contributed by atoms with Crippen molar-refractivity contribution in [3.05, 3.63) is 70.0 Å². The summed E-state index contributed by atoms with van der Waals surface area (Å²) in [5, 5.41) is 10.3. The number of benzene rings is 1. The summed E-state index contributed by atoms with van der Waals surface area (Å²) in [6.45, 7) is 2.28.